The number of nitrogens with zero attached hydrogens (tertiary/aromatic N) is 2. The highest BCUT2D eigenvalue weighted by molar-refractivity contribution is 5.81. The molecule has 3 aromatic rings. The van der Waals surface area contributed by atoms with Gasteiger partial charge in [-0.2, -0.15) is 0 Å². The van der Waals surface area contributed by atoms with E-state index in [-0.39, 0.29) is 5.56 Å². The number of pyridine rings is 2. The van der Waals surface area contributed by atoms with Crippen molar-refractivity contribution in [2.24, 2.45) is 0 Å². The number of aromatic nitrogens is 2. The zero-order chi connectivity index (χ0) is 13.9. The number of hydrogen-bond donors (Lipinski definition) is 1. The third kappa shape index (κ3) is 2.28. The van der Waals surface area contributed by atoms with Crippen molar-refractivity contribution in [3.8, 4) is 0 Å². The zero-order valence-electron chi connectivity index (χ0n) is 11.2. The summed E-state index contributed by atoms with van der Waals surface area (Å²) >= 11 is 0. The van der Waals surface area contributed by atoms with Gasteiger partial charge in [-0.1, -0.05) is 18.2 Å². The molecule has 0 fully saturated rings. The van der Waals surface area contributed by atoms with Gasteiger partial charge in [-0.25, -0.2) is 0 Å². The van der Waals surface area contributed by atoms with Crippen LogP contribution < -0.4 is 10.9 Å². The van der Waals surface area contributed by atoms with Crippen LogP contribution >= 0.6 is 0 Å². The summed E-state index contributed by atoms with van der Waals surface area (Å²) in [5, 5.41) is 4.77. The van der Waals surface area contributed by atoms with Crippen LogP contribution in [0.5, 0.6) is 0 Å². The molecular weight excluding hydrogens is 250 g/mol. The average molecular weight is 265 g/mol. The normalized spacial score (nSPS) is 10.7. The van der Waals surface area contributed by atoms with Crippen molar-refractivity contribution in [1.29, 1.82) is 0 Å². The summed E-state index contributed by atoms with van der Waals surface area (Å²) < 4.78 is 1.68. The van der Waals surface area contributed by atoms with Crippen LogP contribution in [0.2, 0.25) is 0 Å². The first-order valence-electron chi connectivity index (χ1n) is 6.49. The van der Waals surface area contributed by atoms with Crippen LogP contribution in [-0.2, 0) is 6.54 Å². The molecule has 3 rings (SSSR count). The van der Waals surface area contributed by atoms with Gasteiger partial charge in [0.2, 0.25) is 0 Å². The van der Waals surface area contributed by atoms with E-state index in [2.05, 4.69) is 10.3 Å². The second kappa shape index (κ2) is 5.17. The van der Waals surface area contributed by atoms with Crippen molar-refractivity contribution < 1.29 is 0 Å². The number of hydrogen-bond acceptors (Lipinski definition) is 3. The SMILES string of the molecule is CNc1ccnc(Cn2ccc3ccccc3c2=O)c1. The van der Waals surface area contributed by atoms with E-state index in [9.17, 15) is 4.79 Å². The second-order valence-corrected chi connectivity index (χ2v) is 4.62. The lowest BCUT2D eigenvalue weighted by atomic mass is 10.2. The summed E-state index contributed by atoms with van der Waals surface area (Å²) in [6.07, 6.45) is 3.56. The van der Waals surface area contributed by atoms with Gasteiger partial charge in [0.25, 0.3) is 5.56 Å². The minimum atomic E-state index is 0.0137. The van der Waals surface area contributed by atoms with Crippen molar-refractivity contribution in [2.75, 3.05) is 12.4 Å². The molecule has 0 unspecified atom stereocenters. The summed E-state index contributed by atoms with van der Waals surface area (Å²) in [6, 6.07) is 13.4. The molecule has 0 radical (unpaired) electrons. The Kier molecular flexibility index (Phi) is 3.21. The molecule has 0 amide bonds. The average Bonchev–Trinajstić information content (AvgIpc) is 2.50. The lowest BCUT2D eigenvalue weighted by molar-refractivity contribution is 0.747. The minimum Gasteiger partial charge on any atom is -0.388 e. The predicted octanol–water partition coefficient (Wildman–Crippen LogP) is 2.49. The summed E-state index contributed by atoms with van der Waals surface area (Å²) in [6.45, 7) is 0.471. The van der Waals surface area contributed by atoms with E-state index >= 15 is 0 Å². The molecule has 0 saturated carbocycles. The van der Waals surface area contributed by atoms with Gasteiger partial charge in [-0.15, -0.1) is 0 Å². The van der Waals surface area contributed by atoms with E-state index in [1.165, 1.54) is 0 Å². The topological polar surface area (TPSA) is 46.9 Å². The number of anilines is 1. The molecule has 0 atom stereocenters. The van der Waals surface area contributed by atoms with Crippen LogP contribution in [0.3, 0.4) is 0 Å². The van der Waals surface area contributed by atoms with Crippen LogP contribution in [0.15, 0.2) is 59.7 Å². The molecule has 4 nitrogen and oxygen atoms in total. The molecule has 2 heterocycles. The van der Waals surface area contributed by atoms with Crippen molar-refractivity contribution in [3.05, 3.63) is 70.9 Å². The van der Waals surface area contributed by atoms with Crippen molar-refractivity contribution in [2.45, 2.75) is 6.54 Å². The Morgan fingerprint density at radius 3 is 2.90 bits per heavy atom. The van der Waals surface area contributed by atoms with Crippen LogP contribution in [0.4, 0.5) is 5.69 Å². The molecule has 1 aromatic carbocycles. The van der Waals surface area contributed by atoms with Gasteiger partial charge < -0.3 is 9.88 Å². The Labute approximate surface area is 116 Å². The highest BCUT2D eigenvalue weighted by Gasteiger charge is 2.04. The monoisotopic (exact) mass is 265 g/mol. The molecule has 0 spiro atoms. The van der Waals surface area contributed by atoms with Gasteiger partial charge in [-0.05, 0) is 29.7 Å². The van der Waals surface area contributed by atoms with E-state index in [1.807, 2.05) is 55.7 Å². The van der Waals surface area contributed by atoms with Gasteiger partial charge in [-0.3, -0.25) is 9.78 Å². The molecule has 0 bridgehead atoms. The third-order valence-corrected chi connectivity index (χ3v) is 3.32. The maximum absolute atomic E-state index is 12.4. The number of benzene rings is 1. The number of rotatable bonds is 3. The number of nitrogens with one attached hydrogen (secondary N) is 1. The first kappa shape index (κ1) is 12.4. The van der Waals surface area contributed by atoms with Crippen LogP contribution in [0, 0.1) is 0 Å². The highest BCUT2D eigenvalue weighted by Crippen LogP contribution is 2.10. The maximum atomic E-state index is 12.4. The van der Waals surface area contributed by atoms with Crippen molar-refractivity contribution in [1.82, 2.24) is 9.55 Å². The van der Waals surface area contributed by atoms with Crippen molar-refractivity contribution >= 4 is 16.5 Å². The Morgan fingerprint density at radius 2 is 2.05 bits per heavy atom. The Morgan fingerprint density at radius 1 is 1.20 bits per heavy atom. The minimum absolute atomic E-state index is 0.0137. The fourth-order valence-electron chi connectivity index (χ4n) is 2.25. The largest absolute Gasteiger partial charge is 0.388 e. The van der Waals surface area contributed by atoms with Crippen LogP contribution in [-0.4, -0.2) is 16.6 Å². The van der Waals surface area contributed by atoms with E-state index in [1.54, 1.807) is 10.8 Å². The first-order valence-corrected chi connectivity index (χ1v) is 6.49. The summed E-state index contributed by atoms with van der Waals surface area (Å²) in [7, 11) is 1.86. The molecule has 100 valence electrons. The molecule has 0 aliphatic rings. The standard InChI is InChI=1S/C16H15N3O/c1-17-13-6-8-18-14(10-13)11-19-9-7-12-4-2-3-5-15(12)16(19)20/h2-10H,11H2,1H3,(H,17,18). The summed E-state index contributed by atoms with van der Waals surface area (Å²) in [5.41, 5.74) is 1.86. The Hall–Kier alpha value is -2.62. The zero-order valence-corrected chi connectivity index (χ0v) is 11.2. The van der Waals surface area contributed by atoms with Gasteiger partial charge in [0.1, 0.15) is 0 Å². The van der Waals surface area contributed by atoms with E-state index in [4.69, 9.17) is 0 Å². The lowest BCUT2D eigenvalue weighted by Crippen LogP contribution is -2.20. The molecule has 0 aliphatic heterocycles. The Bertz CT molecular complexity index is 808. The van der Waals surface area contributed by atoms with Crippen LogP contribution in [0.1, 0.15) is 5.69 Å². The lowest BCUT2D eigenvalue weighted by Gasteiger charge is -2.08. The van der Waals surface area contributed by atoms with Crippen LogP contribution in [0.25, 0.3) is 10.8 Å². The molecule has 20 heavy (non-hydrogen) atoms. The van der Waals surface area contributed by atoms with Gasteiger partial charge in [0, 0.05) is 30.5 Å². The molecule has 0 aliphatic carbocycles. The second-order valence-electron chi connectivity index (χ2n) is 4.62. The molecule has 2 aromatic heterocycles. The predicted molar refractivity (Wildman–Crippen MR) is 81.1 cm³/mol. The fourth-order valence-corrected chi connectivity index (χ4v) is 2.25. The molecule has 1 N–H and O–H groups in total. The molecule has 4 heteroatoms. The van der Waals surface area contributed by atoms with Gasteiger partial charge in [0.05, 0.1) is 12.2 Å². The quantitative estimate of drug-likeness (QED) is 0.791. The Balaban J connectivity index is 2.02. The highest BCUT2D eigenvalue weighted by atomic mass is 16.1. The van der Waals surface area contributed by atoms with Crippen molar-refractivity contribution in [3.63, 3.8) is 0 Å². The first-order chi connectivity index (χ1) is 9.78. The van der Waals surface area contributed by atoms with E-state index < -0.39 is 0 Å². The smallest absolute Gasteiger partial charge is 0.258 e. The molecular formula is C16H15N3O. The number of fused-ring (bicyclic) bond motifs is 1. The third-order valence-electron chi connectivity index (χ3n) is 3.32. The fraction of sp³-hybridized carbons (Fsp3) is 0.125. The summed E-state index contributed by atoms with van der Waals surface area (Å²) in [5.74, 6) is 0. The summed E-state index contributed by atoms with van der Waals surface area (Å²) in [4.78, 5) is 16.7. The van der Waals surface area contributed by atoms with Gasteiger partial charge in [0.15, 0.2) is 0 Å². The maximum Gasteiger partial charge on any atom is 0.258 e. The van der Waals surface area contributed by atoms with Gasteiger partial charge >= 0.3 is 0 Å². The molecule has 0 saturated heterocycles. The van der Waals surface area contributed by atoms with E-state index in [0.717, 1.165) is 22.2 Å². The van der Waals surface area contributed by atoms with E-state index in [0.29, 0.717) is 6.54 Å².